The lowest BCUT2D eigenvalue weighted by Crippen LogP contribution is -2.00. The number of oxazole rings is 1. The molecule has 0 amide bonds. The Balaban J connectivity index is 1.60. The second-order valence-corrected chi connectivity index (χ2v) is 6.67. The molecule has 0 aliphatic carbocycles. The molecule has 2 aromatic heterocycles. The molecule has 2 heterocycles. The van der Waals surface area contributed by atoms with Crippen LogP contribution < -0.4 is 0 Å². The van der Waals surface area contributed by atoms with Crippen LogP contribution in [0.5, 0.6) is 0 Å². The Bertz CT molecular complexity index is 988. The van der Waals surface area contributed by atoms with E-state index in [-0.39, 0.29) is 0 Å². The van der Waals surface area contributed by atoms with E-state index in [0.29, 0.717) is 11.6 Å². The molecule has 6 heteroatoms. The normalized spacial score (nSPS) is 11.3. The van der Waals surface area contributed by atoms with Crippen molar-refractivity contribution >= 4 is 22.9 Å². The van der Waals surface area contributed by atoms with Gasteiger partial charge >= 0.3 is 0 Å². The van der Waals surface area contributed by atoms with Crippen molar-refractivity contribution in [2.75, 3.05) is 0 Å². The summed E-state index contributed by atoms with van der Waals surface area (Å²) in [5, 5.41) is 9.67. The molecule has 0 spiro atoms. The zero-order valence-electron chi connectivity index (χ0n) is 14.1. The third kappa shape index (κ3) is 3.05. The molecule has 0 N–H and O–H groups in total. The van der Waals surface area contributed by atoms with Gasteiger partial charge in [0, 0.05) is 12.1 Å². The summed E-state index contributed by atoms with van der Waals surface area (Å²) in [6.45, 7) is 5.01. The van der Waals surface area contributed by atoms with Gasteiger partial charge < -0.3 is 8.98 Å². The number of para-hydroxylation sites is 2. The predicted molar refractivity (Wildman–Crippen MR) is 99.4 cm³/mol. The van der Waals surface area contributed by atoms with E-state index in [0.717, 1.165) is 34.2 Å². The summed E-state index contributed by atoms with van der Waals surface area (Å²) in [4.78, 5) is 4.52. The topological polar surface area (TPSA) is 56.7 Å². The molecule has 0 saturated carbocycles. The third-order valence-corrected chi connectivity index (χ3v) is 5.03. The quantitative estimate of drug-likeness (QED) is 0.488. The van der Waals surface area contributed by atoms with Crippen molar-refractivity contribution in [3.05, 3.63) is 60.0 Å². The lowest BCUT2D eigenvalue weighted by atomic mass is 10.1. The van der Waals surface area contributed by atoms with Crippen LogP contribution in [-0.2, 0) is 12.3 Å². The highest BCUT2D eigenvalue weighted by atomic mass is 32.2. The minimum Gasteiger partial charge on any atom is -0.440 e. The zero-order valence-corrected chi connectivity index (χ0v) is 15.0. The van der Waals surface area contributed by atoms with E-state index in [4.69, 9.17) is 4.42 Å². The summed E-state index contributed by atoms with van der Waals surface area (Å²) in [6, 6.07) is 16.0. The fourth-order valence-corrected chi connectivity index (χ4v) is 3.66. The maximum Gasteiger partial charge on any atom is 0.205 e. The summed E-state index contributed by atoms with van der Waals surface area (Å²) >= 11 is 1.59. The van der Waals surface area contributed by atoms with Crippen molar-refractivity contribution in [2.45, 2.75) is 31.3 Å². The number of fused-ring (bicyclic) bond motifs is 1. The van der Waals surface area contributed by atoms with Gasteiger partial charge in [0.25, 0.3) is 0 Å². The second-order valence-electron chi connectivity index (χ2n) is 5.73. The van der Waals surface area contributed by atoms with Crippen LogP contribution in [0.15, 0.2) is 58.1 Å². The number of aryl methyl sites for hydroxylation is 1. The standard InChI is InChI=1S/C19H18N4OS/c1-3-23-18(14-9-5-4-8-13(14)2)21-22-19(23)25-12-17-20-15-10-6-7-11-16(15)24-17/h4-11H,3,12H2,1-2H3. The largest absolute Gasteiger partial charge is 0.440 e. The van der Waals surface area contributed by atoms with Crippen LogP contribution in [0.3, 0.4) is 0 Å². The molecule has 0 atom stereocenters. The summed E-state index contributed by atoms with van der Waals surface area (Å²) in [7, 11) is 0. The van der Waals surface area contributed by atoms with Gasteiger partial charge in [-0.3, -0.25) is 0 Å². The molecule has 126 valence electrons. The fourth-order valence-electron chi connectivity index (χ4n) is 2.81. The highest BCUT2D eigenvalue weighted by molar-refractivity contribution is 7.98. The van der Waals surface area contributed by atoms with Crippen LogP contribution in [0, 0.1) is 6.92 Å². The van der Waals surface area contributed by atoms with Crippen molar-refractivity contribution < 1.29 is 4.42 Å². The molecule has 5 nitrogen and oxygen atoms in total. The number of benzene rings is 2. The Morgan fingerprint density at radius 2 is 1.84 bits per heavy atom. The molecule has 4 aromatic rings. The average Bonchev–Trinajstić information content (AvgIpc) is 3.23. The molecular formula is C19H18N4OS. The van der Waals surface area contributed by atoms with Gasteiger partial charge in [-0.15, -0.1) is 10.2 Å². The van der Waals surface area contributed by atoms with E-state index >= 15 is 0 Å². The Kier molecular flexibility index (Phi) is 4.28. The minimum absolute atomic E-state index is 0.626. The van der Waals surface area contributed by atoms with Gasteiger partial charge in [0.15, 0.2) is 16.6 Å². The van der Waals surface area contributed by atoms with E-state index in [1.807, 2.05) is 36.4 Å². The Morgan fingerprint density at radius 3 is 2.64 bits per heavy atom. The van der Waals surface area contributed by atoms with Gasteiger partial charge in [-0.05, 0) is 31.5 Å². The molecule has 4 rings (SSSR count). The molecule has 25 heavy (non-hydrogen) atoms. The van der Waals surface area contributed by atoms with E-state index in [9.17, 15) is 0 Å². The van der Waals surface area contributed by atoms with Crippen molar-refractivity contribution in [3.8, 4) is 11.4 Å². The number of aromatic nitrogens is 4. The van der Waals surface area contributed by atoms with Crippen LogP contribution in [0.1, 0.15) is 18.4 Å². The van der Waals surface area contributed by atoms with Crippen molar-refractivity contribution in [2.24, 2.45) is 0 Å². The minimum atomic E-state index is 0.626. The molecule has 0 aliphatic heterocycles. The van der Waals surface area contributed by atoms with Crippen LogP contribution in [0.25, 0.3) is 22.5 Å². The van der Waals surface area contributed by atoms with Crippen LogP contribution in [0.2, 0.25) is 0 Å². The fraction of sp³-hybridized carbons (Fsp3) is 0.211. The zero-order chi connectivity index (χ0) is 17.2. The summed E-state index contributed by atoms with van der Waals surface area (Å²) in [5.41, 5.74) is 4.01. The summed E-state index contributed by atoms with van der Waals surface area (Å²) in [6.07, 6.45) is 0. The van der Waals surface area contributed by atoms with Crippen LogP contribution in [0.4, 0.5) is 0 Å². The number of nitrogens with zero attached hydrogens (tertiary/aromatic N) is 4. The highest BCUT2D eigenvalue weighted by Gasteiger charge is 2.15. The Morgan fingerprint density at radius 1 is 1.04 bits per heavy atom. The third-order valence-electron chi connectivity index (χ3n) is 4.08. The molecule has 0 aliphatic rings. The Hall–Kier alpha value is -2.60. The highest BCUT2D eigenvalue weighted by Crippen LogP contribution is 2.28. The number of rotatable bonds is 5. The van der Waals surface area contributed by atoms with Gasteiger partial charge in [0.2, 0.25) is 5.89 Å². The van der Waals surface area contributed by atoms with E-state index in [2.05, 4.69) is 45.7 Å². The second kappa shape index (κ2) is 6.72. The Labute approximate surface area is 150 Å². The lowest BCUT2D eigenvalue weighted by Gasteiger charge is -2.08. The van der Waals surface area contributed by atoms with Gasteiger partial charge in [0.05, 0.1) is 5.75 Å². The predicted octanol–water partition coefficient (Wildman–Crippen LogP) is 4.71. The monoisotopic (exact) mass is 350 g/mol. The van der Waals surface area contributed by atoms with E-state index in [1.165, 1.54) is 5.56 Å². The van der Waals surface area contributed by atoms with Gasteiger partial charge in [0.1, 0.15) is 5.52 Å². The van der Waals surface area contributed by atoms with E-state index < -0.39 is 0 Å². The first-order valence-electron chi connectivity index (χ1n) is 8.22. The SMILES string of the molecule is CCn1c(SCc2nc3ccccc3o2)nnc1-c1ccccc1C. The molecule has 0 saturated heterocycles. The maximum absolute atomic E-state index is 5.78. The number of hydrogen-bond acceptors (Lipinski definition) is 5. The molecule has 2 aromatic carbocycles. The van der Waals surface area contributed by atoms with Crippen LogP contribution in [-0.4, -0.2) is 19.7 Å². The molecule has 0 radical (unpaired) electrons. The smallest absolute Gasteiger partial charge is 0.205 e. The first kappa shape index (κ1) is 15.9. The first-order chi connectivity index (χ1) is 12.3. The lowest BCUT2D eigenvalue weighted by molar-refractivity contribution is 0.555. The number of hydrogen-bond donors (Lipinski definition) is 0. The maximum atomic E-state index is 5.78. The van der Waals surface area contributed by atoms with Gasteiger partial charge in [-0.1, -0.05) is 48.2 Å². The van der Waals surface area contributed by atoms with Crippen molar-refractivity contribution in [1.82, 2.24) is 19.7 Å². The average molecular weight is 350 g/mol. The van der Waals surface area contributed by atoms with Crippen molar-refractivity contribution in [3.63, 3.8) is 0 Å². The number of thioether (sulfide) groups is 1. The van der Waals surface area contributed by atoms with Crippen molar-refractivity contribution in [1.29, 1.82) is 0 Å². The summed E-state index contributed by atoms with van der Waals surface area (Å²) < 4.78 is 7.92. The van der Waals surface area contributed by atoms with E-state index in [1.54, 1.807) is 11.8 Å². The molecule has 0 unspecified atom stereocenters. The first-order valence-corrected chi connectivity index (χ1v) is 9.21. The molecule has 0 bridgehead atoms. The molecule has 0 fully saturated rings. The van der Waals surface area contributed by atoms with Crippen LogP contribution >= 0.6 is 11.8 Å². The van der Waals surface area contributed by atoms with Gasteiger partial charge in [-0.25, -0.2) is 4.98 Å². The molecular weight excluding hydrogens is 332 g/mol. The van der Waals surface area contributed by atoms with Gasteiger partial charge in [-0.2, -0.15) is 0 Å². The summed E-state index contributed by atoms with van der Waals surface area (Å²) in [5.74, 6) is 2.23.